The molecule has 15 heavy (non-hydrogen) atoms. The van der Waals surface area contributed by atoms with Gasteiger partial charge in [-0.25, -0.2) is 0 Å². The largest absolute Gasteiger partial charge is 0.276 e. The van der Waals surface area contributed by atoms with E-state index in [4.69, 9.17) is 11.6 Å². The molecule has 1 nitrogen and oxygen atoms in total. The van der Waals surface area contributed by atoms with Gasteiger partial charge in [0.25, 0.3) is 5.24 Å². The predicted octanol–water partition coefficient (Wildman–Crippen LogP) is 4.74. The van der Waals surface area contributed by atoms with E-state index in [9.17, 15) is 4.79 Å². The summed E-state index contributed by atoms with van der Waals surface area (Å²) in [6, 6.07) is 9.29. The summed E-state index contributed by atoms with van der Waals surface area (Å²) in [6.07, 6.45) is 0. The summed E-state index contributed by atoms with van der Waals surface area (Å²) in [5.41, 5.74) is 0.524. The number of benzene rings is 2. The fourth-order valence-corrected chi connectivity index (χ4v) is 3.00. The topological polar surface area (TPSA) is 17.1 Å². The summed E-state index contributed by atoms with van der Waals surface area (Å²) in [6.45, 7) is 0. The number of carbonyl (C=O) groups is 1. The molecule has 76 valence electrons. The highest BCUT2D eigenvalue weighted by atomic mass is 79.9. The first-order chi connectivity index (χ1) is 7.09. The highest BCUT2D eigenvalue weighted by Gasteiger charge is 2.09. The Morgan fingerprint density at radius 1 is 1.13 bits per heavy atom. The quantitative estimate of drug-likeness (QED) is 0.680. The van der Waals surface area contributed by atoms with E-state index in [2.05, 4.69) is 31.9 Å². The molecule has 2 aromatic carbocycles. The summed E-state index contributed by atoms with van der Waals surface area (Å²) in [7, 11) is 0. The van der Waals surface area contributed by atoms with Crippen molar-refractivity contribution >= 4 is 59.5 Å². The van der Waals surface area contributed by atoms with Crippen LogP contribution in [-0.4, -0.2) is 5.24 Å². The lowest BCUT2D eigenvalue weighted by atomic mass is 10.1. The van der Waals surface area contributed by atoms with Gasteiger partial charge in [0.1, 0.15) is 0 Å². The van der Waals surface area contributed by atoms with E-state index in [-0.39, 0.29) is 0 Å². The minimum Gasteiger partial charge on any atom is -0.276 e. The Morgan fingerprint density at radius 2 is 1.87 bits per heavy atom. The van der Waals surface area contributed by atoms with E-state index >= 15 is 0 Å². The third-order valence-electron chi connectivity index (χ3n) is 2.12. The molecule has 0 aliphatic carbocycles. The van der Waals surface area contributed by atoms with Crippen molar-refractivity contribution < 1.29 is 4.79 Å². The van der Waals surface area contributed by atoms with Gasteiger partial charge < -0.3 is 0 Å². The minimum atomic E-state index is -0.439. The van der Waals surface area contributed by atoms with Crippen LogP contribution in [0.3, 0.4) is 0 Å². The van der Waals surface area contributed by atoms with Crippen molar-refractivity contribution in [2.45, 2.75) is 0 Å². The lowest BCUT2D eigenvalue weighted by molar-refractivity contribution is 0.108. The van der Waals surface area contributed by atoms with E-state index in [1.807, 2.05) is 24.3 Å². The first kappa shape index (κ1) is 11.1. The van der Waals surface area contributed by atoms with Crippen LogP contribution in [0, 0.1) is 0 Å². The highest BCUT2D eigenvalue weighted by molar-refractivity contribution is 9.11. The van der Waals surface area contributed by atoms with Crippen LogP contribution in [-0.2, 0) is 0 Å². The molecule has 0 N–H and O–H groups in total. The molecule has 0 spiro atoms. The Balaban J connectivity index is 2.91. The molecule has 0 aliphatic rings. The van der Waals surface area contributed by atoms with Crippen molar-refractivity contribution in [1.29, 1.82) is 0 Å². The number of halogens is 3. The minimum absolute atomic E-state index is 0.439. The highest BCUT2D eigenvalue weighted by Crippen LogP contribution is 2.31. The standard InChI is InChI=1S/C11H5Br2ClO/c12-6-4-9-7(10(13)5-6)2-1-3-8(9)11(14)15/h1-5H. The Kier molecular flexibility index (Phi) is 3.14. The Morgan fingerprint density at radius 3 is 2.53 bits per heavy atom. The monoisotopic (exact) mass is 346 g/mol. The Bertz CT molecular complexity index is 552. The van der Waals surface area contributed by atoms with Gasteiger partial charge in [0.15, 0.2) is 0 Å². The van der Waals surface area contributed by atoms with Gasteiger partial charge in [0.05, 0.1) is 0 Å². The first-order valence-electron chi connectivity index (χ1n) is 4.17. The zero-order chi connectivity index (χ0) is 11.0. The summed E-state index contributed by atoms with van der Waals surface area (Å²) >= 11 is 12.3. The second-order valence-corrected chi connectivity index (χ2v) is 5.18. The normalized spacial score (nSPS) is 10.6. The molecular formula is C11H5Br2ClO. The maximum Gasteiger partial charge on any atom is 0.253 e. The molecule has 2 rings (SSSR count). The maximum absolute atomic E-state index is 11.2. The molecule has 0 amide bonds. The van der Waals surface area contributed by atoms with E-state index in [1.54, 1.807) is 6.07 Å². The Labute approximate surface area is 109 Å². The molecule has 0 bridgehead atoms. The third kappa shape index (κ3) is 2.10. The fourth-order valence-electron chi connectivity index (χ4n) is 1.48. The van der Waals surface area contributed by atoms with Crippen LogP contribution in [0.4, 0.5) is 0 Å². The van der Waals surface area contributed by atoms with Gasteiger partial charge in [0.2, 0.25) is 0 Å². The molecule has 0 heterocycles. The van der Waals surface area contributed by atoms with Crippen molar-refractivity contribution in [1.82, 2.24) is 0 Å². The molecule has 0 aromatic heterocycles. The molecule has 0 atom stereocenters. The maximum atomic E-state index is 11.2. The number of hydrogen-bond acceptors (Lipinski definition) is 1. The summed E-state index contributed by atoms with van der Waals surface area (Å²) in [5.74, 6) is 0. The van der Waals surface area contributed by atoms with Gasteiger partial charge in [-0.15, -0.1) is 0 Å². The summed E-state index contributed by atoms with van der Waals surface area (Å²) < 4.78 is 1.85. The lowest BCUT2D eigenvalue weighted by Crippen LogP contribution is -1.90. The zero-order valence-electron chi connectivity index (χ0n) is 7.43. The lowest BCUT2D eigenvalue weighted by Gasteiger charge is -2.05. The molecule has 0 unspecified atom stereocenters. The van der Waals surface area contributed by atoms with E-state index in [0.29, 0.717) is 5.56 Å². The van der Waals surface area contributed by atoms with Crippen molar-refractivity contribution in [2.75, 3.05) is 0 Å². The van der Waals surface area contributed by atoms with Crippen LogP contribution in [0.1, 0.15) is 10.4 Å². The van der Waals surface area contributed by atoms with Gasteiger partial charge in [-0.05, 0) is 40.6 Å². The molecule has 4 heteroatoms. The molecule has 0 aliphatic heterocycles. The van der Waals surface area contributed by atoms with Crippen molar-refractivity contribution in [3.05, 3.63) is 44.8 Å². The second kappa shape index (κ2) is 4.24. The zero-order valence-corrected chi connectivity index (χ0v) is 11.4. The fraction of sp³-hybridized carbons (Fsp3) is 0. The Hall–Kier alpha value is -0.380. The first-order valence-corrected chi connectivity index (χ1v) is 6.13. The summed E-state index contributed by atoms with van der Waals surface area (Å²) in [4.78, 5) is 11.2. The number of carbonyl (C=O) groups excluding carboxylic acids is 1. The van der Waals surface area contributed by atoms with Gasteiger partial charge >= 0.3 is 0 Å². The van der Waals surface area contributed by atoms with Crippen LogP contribution in [0.5, 0.6) is 0 Å². The van der Waals surface area contributed by atoms with Gasteiger partial charge in [-0.1, -0.05) is 44.0 Å². The molecule has 0 saturated heterocycles. The van der Waals surface area contributed by atoms with Crippen LogP contribution in [0.15, 0.2) is 39.3 Å². The van der Waals surface area contributed by atoms with E-state index in [0.717, 1.165) is 19.7 Å². The van der Waals surface area contributed by atoms with Crippen molar-refractivity contribution in [3.63, 3.8) is 0 Å². The van der Waals surface area contributed by atoms with Crippen LogP contribution in [0.2, 0.25) is 0 Å². The SMILES string of the molecule is O=C(Cl)c1cccc2c(Br)cc(Br)cc12. The molecule has 0 fully saturated rings. The van der Waals surface area contributed by atoms with Crippen molar-refractivity contribution in [2.24, 2.45) is 0 Å². The average Bonchev–Trinajstić information content (AvgIpc) is 2.16. The van der Waals surface area contributed by atoms with Crippen LogP contribution in [0.25, 0.3) is 10.8 Å². The molecule has 0 saturated carbocycles. The number of rotatable bonds is 1. The van der Waals surface area contributed by atoms with Crippen LogP contribution >= 0.6 is 43.5 Å². The second-order valence-electron chi connectivity index (χ2n) is 3.06. The third-order valence-corrected chi connectivity index (χ3v) is 3.44. The van der Waals surface area contributed by atoms with Crippen LogP contribution < -0.4 is 0 Å². The van der Waals surface area contributed by atoms with E-state index in [1.165, 1.54) is 0 Å². The van der Waals surface area contributed by atoms with E-state index < -0.39 is 5.24 Å². The number of fused-ring (bicyclic) bond motifs is 1. The van der Waals surface area contributed by atoms with Gasteiger partial charge in [0, 0.05) is 14.5 Å². The average molecular weight is 348 g/mol. The predicted molar refractivity (Wildman–Crippen MR) is 69.5 cm³/mol. The van der Waals surface area contributed by atoms with Gasteiger partial charge in [-0.3, -0.25) is 4.79 Å². The number of hydrogen-bond donors (Lipinski definition) is 0. The molecule has 2 aromatic rings. The molecule has 0 radical (unpaired) electrons. The molecular weight excluding hydrogens is 343 g/mol. The smallest absolute Gasteiger partial charge is 0.253 e. The van der Waals surface area contributed by atoms with Crippen molar-refractivity contribution in [3.8, 4) is 0 Å². The van der Waals surface area contributed by atoms with Gasteiger partial charge in [-0.2, -0.15) is 0 Å². The summed E-state index contributed by atoms with van der Waals surface area (Å²) in [5, 5.41) is 1.38.